The van der Waals surface area contributed by atoms with E-state index in [0.717, 1.165) is 5.75 Å². The average Bonchev–Trinajstić information content (AvgIpc) is 2.34. The minimum atomic E-state index is -1.03. The molecule has 0 aliphatic carbocycles. The Morgan fingerprint density at radius 2 is 1.88 bits per heavy atom. The summed E-state index contributed by atoms with van der Waals surface area (Å²) in [6, 6.07) is 6.91. The van der Waals surface area contributed by atoms with E-state index in [0.29, 0.717) is 12.4 Å². The van der Waals surface area contributed by atoms with Gasteiger partial charge in [-0.25, -0.2) is 4.79 Å². The maximum atomic E-state index is 10.8. The van der Waals surface area contributed by atoms with Crippen molar-refractivity contribution in [1.82, 2.24) is 0 Å². The van der Waals surface area contributed by atoms with Crippen LogP contribution in [0.3, 0.4) is 0 Å². The Morgan fingerprint density at radius 1 is 1.29 bits per heavy atom. The van der Waals surface area contributed by atoms with Gasteiger partial charge < -0.3 is 19.3 Å². The second kappa shape index (κ2) is 6.75. The van der Waals surface area contributed by atoms with Gasteiger partial charge in [0.1, 0.15) is 18.1 Å². The zero-order chi connectivity index (χ0) is 12.7. The molecule has 0 bridgehead atoms. The lowest BCUT2D eigenvalue weighted by Crippen LogP contribution is -2.30. The fourth-order valence-electron chi connectivity index (χ4n) is 1.24. The van der Waals surface area contributed by atoms with Gasteiger partial charge in [0.2, 0.25) is 0 Å². The molecule has 0 spiro atoms. The number of rotatable bonds is 7. The van der Waals surface area contributed by atoms with Crippen LogP contribution in [0, 0.1) is 0 Å². The summed E-state index contributed by atoms with van der Waals surface area (Å²) in [5.41, 5.74) is 0. The second-order valence-electron chi connectivity index (χ2n) is 3.27. The van der Waals surface area contributed by atoms with Crippen LogP contribution in [-0.2, 0) is 9.53 Å². The Kier molecular flexibility index (Phi) is 5.29. The number of hydrogen-bond donors (Lipinski definition) is 1. The molecule has 5 nitrogen and oxygen atoms in total. The molecule has 0 amide bonds. The molecular weight excluding hydrogens is 224 g/mol. The van der Waals surface area contributed by atoms with Gasteiger partial charge in [0, 0.05) is 6.61 Å². The van der Waals surface area contributed by atoms with Crippen LogP contribution in [0.2, 0.25) is 0 Å². The third kappa shape index (κ3) is 4.32. The lowest BCUT2D eigenvalue weighted by molar-refractivity contribution is -0.152. The van der Waals surface area contributed by atoms with Gasteiger partial charge in [0.15, 0.2) is 6.10 Å². The first kappa shape index (κ1) is 13.3. The normalized spacial score (nSPS) is 11.9. The maximum absolute atomic E-state index is 10.8. The summed E-state index contributed by atoms with van der Waals surface area (Å²) in [6.45, 7) is 2.06. The van der Waals surface area contributed by atoms with Crippen molar-refractivity contribution in [3.8, 4) is 11.5 Å². The van der Waals surface area contributed by atoms with Crippen LogP contribution in [0.5, 0.6) is 11.5 Å². The number of carboxylic acid groups (broad SMARTS) is 1. The molecule has 0 heterocycles. The molecule has 17 heavy (non-hydrogen) atoms. The number of aliphatic carboxylic acids is 1. The largest absolute Gasteiger partial charge is 0.497 e. The molecule has 1 N–H and O–H groups in total. The first-order chi connectivity index (χ1) is 8.17. The van der Waals surface area contributed by atoms with Crippen molar-refractivity contribution >= 4 is 5.97 Å². The van der Waals surface area contributed by atoms with Gasteiger partial charge in [-0.3, -0.25) is 0 Å². The van der Waals surface area contributed by atoms with E-state index in [1.54, 1.807) is 38.3 Å². The van der Waals surface area contributed by atoms with Gasteiger partial charge in [-0.1, -0.05) is 0 Å². The lowest BCUT2D eigenvalue weighted by atomic mass is 10.3. The zero-order valence-electron chi connectivity index (χ0n) is 9.88. The Morgan fingerprint density at radius 3 is 2.35 bits per heavy atom. The predicted molar refractivity (Wildman–Crippen MR) is 61.5 cm³/mol. The fraction of sp³-hybridized carbons (Fsp3) is 0.417. The van der Waals surface area contributed by atoms with Crippen molar-refractivity contribution in [2.24, 2.45) is 0 Å². The molecule has 0 aromatic heterocycles. The SMILES string of the molecule is CCOC(COc1ccc(OC)cc1)C(=O)O. The van der Waals surface area contributed by atoms with Crippen molar-refractivity contribution < 1.29 is 24.1 Å². The summed E-state index contributed by atoms with van der Waals surface area (Å²) < 4.78 is 15.3. The van der Waals surface area contributed by atoms with E-state index in [1.165, 1.54) is 0 Å². The number of methoxy groups -OCH3 is 1. The first-order valence-corrected chi connectivity index (χ1v) is 5.28. The molecule has 94 valence electrons. The Hall–Kier alpha value is -1.75. The maximum Gasteiger partial charge on any atom is 0.336 e. The molecule has 0 radical (unpaired) electrons. The van der Waals surface area contributed by atoms with Gasteiger partial charge >= 0.3 is 5.97 Å². The van der Waals surface area contributed by atoms with E-state index in [2.05, 4.69) is 0 Å². The van der Waals surface area contributed by atoms with Gasteiger partial charge in [-0.15, -0.1) is 0 Å². The van der Waals surface area contributed by atoms with Crippen LogP contribution in [-0.4, -0.2) is 37.5 Å². The average molecular weight is 240 g/mol. The second-order valence-corrected chi connectivity index (χ2v) is 3.27. The topological polar surface area (TPSA) is 65.0 Å². The fourth-order valence-corrected chi connectivity index (χ4v) is 1.24. The lowest BCUT2D eigenvalue weighted by Gasteiger charge is -2.13. The summed E-state index contributed by atoms with van der Waals surface area (Å²) in [5.74, 6) is 0.272. The van der Waals surface area contributed by atoms with Crippen molar-refractivity contribution in [2.45, 2.75) is 13.0 Å². The highest BCUT2D eigenvalue weighted by Crippen LogP contribution is 2.17. The van der Waals surface area contributed by atoms with Crippen LogP contribution in [0.4, 0.5) is 0 Å². The molecule has 1 atom stereocenters. The molecule has 0 saturated heterocycles. The summed E-state index contributed by atoms with van der Waals surface area (Å²) in [5, 5.41) is 8.84. The minimum absolute atomic E-state index is 0.0184. The molecule has 0 aliphatic rings. The highest BCUT2D eigenvalue weighted by molar-refractivity contribution is 5.72. The van der Waals surface area contributed by atoms with Crippen LogP contribution in [0.15, 0.2) is 24.3 Å². The molecule has 1 aromatic carbocycles. The van der Waals surface area contributed by atoms with Crippen LogP contribution < -0.4 is 9.47 Å². The number of benzene rings is 1. The van der Waals surface area contributed by atoms with Gasteiger partial charge in [0.25, 0.3) is 0 Å². The van der Waals surface area contributed by atoms with E-state index in [4.69, 9.17) is 19.3 Å². The summed E-state index contributed by atoms with van der Waals surface area (Å²) in [4.78, 5) is 10.8. The Labute approximate surface area is 99.9 Å². The van der Waals surface area contributed by atoms with E-state index in [9.17, 15) is 4.79 Å². The molecule has 0 fully saturated rings. The third-order valence-electron chi connectivity index (χ3n) is 2.10. The molecule has 1 unspecified atom stereocenters. The highest BCUT2D eigenvalue weighted by Gasteiger charge is 2.18. The number of ether oxygens (including phenoxy) is 3. The summed E-state index contributed by atoms with van der Waals surface area (Å²) >= 11 is 0. The zero-order valence-corrected chi connectivity index (χ0v) is 9.88. The predicted octanol–water partition coefficient (Wildman–Crippen LogP) is 1.56. The minimum Gasteiger partial charge on any atom is -0.497 e. The molecular formula is C12H16O5. The third-order valence-corrected chi connectivity index (χ3v) is 2.10. The molecule has 5 heteroatoms. The van der Waals surface area contributed by atoms with E-state index < -0.39 is 12.1 Å². The van der Waals surface area contributed by atoms with E-state index in [1.807, 2.05) is 0 Å². The molecule has 0 saturated carbocycles. The number of carbonyl (C=O) groups is 1. The van der Waals surface area contributed by atoms with Crippen LogP contribution in [0.1, 0.15) is 6.92 Å². The highest BCUT2D eigenvalue weighted by atomic mass is 16.5. The summed E-state index contributed by atoms with van der Waals surface area (Å²) in [7, 11) is 1.57. The molecule has 0 aliphatic heterocycles. The smallest absolute Gasteiger partial charge is 0.336 e. The van der Waals surface area contributed by atoms with Crippen molar-refractivity contribution in [2.75, 3.05) is 20.3 Å². The van der Waals surface area contributed by atoms with Gasteiger partial charge in [0.05, 0.1) is 7.11 Å². The van der Waals surface area contributed by atoms with Gasteiger partial charge in [-0.2, -0.15) is 0 Å². The van der Waals surface area contributed by atoms with Crippen LogP contribution in [0.25, 0.3) is 0 Å². The van der Waals surface area contributed by atoms with Crippen molar-refractivity contribution in [3.05, 3.63) is 24.3 Å². The number of hydrogen-bond acceptors (Lipinski definition) is 4. The van der Waals surface area contributed by atoms with E-state index >= 15 is 0 Å². The quantitative estimate of drug-likeness (QED) is 0.783. The van der Waals surface area contributed by atoms with Crippen molar-refractivity contribution in [3.63, 3.8) is 0 Å². The van der Waals surface area contributed by atoms with Gasteiger partial charge in [-0.05, 0) is 31.2 Å². The van der Waals surface area contributed by atoms with E-state index in [-0.39, 0.29) is 6.61 Å². The Balaban J connectivity index is 2.50. The standard InChI is InChI=1S/C12H16O5/c1-3-16-11(12(13)14)8-17-10-6-4-9(15-2)5-7-10/h4-7,11H,3,8H2,1-2H3,(H,13,14). The Bertz CT molecular complexity index is 346. The van der Waals surface area contributed by atoms with Crippen LogP contribution >= 0.6 is 0 Å². The monoisotopic (exact) mass is 240 g/mol. The number of carboxylic acids is 1. The summed E-state index contributed by atoms with van der Waals surface area (Å²) in [6.07, 6.45) is -0.942. The molecule has 1 aromatic rings. The molecule has 1 rings (SSSR count). The van der Waals surface area contributed by atoms with Crippen molar-refractivity contribution in [1.29, 1.82) is 0 Å². The first-order valence-electron chi connectivity index (χ1n) is 5.28.